The average Bonchev–Trinajstić information content (AvgIpc) is 2.83. The van der Waals surface area contributed by atoms with Crippen LogP contribution < -0.4 is 15.0 Å². The Hall–Kier alpha value is -3.26. The lowest BCUT2D eigenvalue weighted by Gasteiger charge is -2.29. The number of fused-ring (bicyclic) bond motifs is 1. The summed E-state index contributed by atoms with van der Waals surface area (Å²) in [5.74, 6) is 2.03. The van der Waals surface area contributed by atoms with Gasteiger partial charge in [-0.1, -0.05) is 20.9 Å². The molecule has 2 aromatic heterocycles. The summed E-state index contributed by atoms with van der Waals surface area (Å²) >= 11 is 0. The molecule has 35 heavy (non-hydrogen) atoms. The van der Waals surface area contributed by atoms with Gasteiger partial charge in [-0.15, -0.1) is 0 Å². The van der Waals surface area contributed by atoms with Crippen molar-refractivity contribution in [1.82, 2.24) is 19.5 Å². The smallest absolute Gasteiger partial charge is 0.269 e. The van der Waals surface area contributed by atoms with Crippen LogP contribution in [0.5, 0.6) is 11.6 Å². The highest BCUT2D eigenvalue weighted by Gasteiger charge is 2.25. The first-order valence-electron chi connectivity index (χ1n) is 11.5. The molecule has 1 aromatic carbocycles. The number of rotatable bonds is 5. The summed E-state index contributed by atoms with van der Waals surface area (Å²) in [5.41, 5.74) is 3.63. The van der Waals surface area contributed by atoms with E-state index in [0.717, 1.165) is 48.7 Å². The van der Waals surface area contributed by atoms with Gasteiger partial charge in [0.1, 0.15) is 23.2 Å². The normalized spacial score (nSPS) is 19.8. The minimum atomic E-state index is -0.150. The summed E-state index contributed by atoms with van der Waals surface area (Å²) in [6.45, 7) is 3.17. The highest BCUT2D eigenvalue weighted by atomic mass is 16.5. The van der Waals surface area contributed by atoms with Crippen molar-refractivity contribution in [3.8, 4) is 11.6 Å². The van der Waals surface area contributed by atoms with Gasteiger partial charge < -0.3 is 18.8 Å². The SMILES string of the molecule is C.C.Cc1nccc(OC2CCC(Oc3cc(C4=CCOCC4)cc4ncc(=O)n(C)c34)CC2)n1. The second kappa shape index (κ2) is 11.4. The van der Waals surface area contributed by atoms with E-state index in [2.05, 4.69) is 21.0 Å². The molecule has 0 saturated heterocycles. The molecule has 0 amide bonds. The van der Waals surface area contributed by atoms with Crippen molar-refractivity contribution < 1.29 is 14.2 Å². The number of hydrogen-bond donors (Lipinski definition) is 0. The van der Waals surface area contributed by atoms with E-state index in [1.807, 2.05) is 19.1 Å². The standard InChI is InChI=1S/C25H28N4O4.2CH4/c1-16-26-10-7-23(28-16)33-20-5-3-19(4-6-20)32-22-14-18(17-8-11-31-12-9-17)13-21-25(22)29(2)24(30)15-27-21;;/h7-8,10,13-15,19-20H,3-6,9,11-12H2,1-2H3;2*1H4. The third-order valence-corrected chi connectivity index (χ3v) is 6.32. The molecule has 3 aromatic rings. The molecular weight excluding hydrogens is 444 g/mol. The molecule has 8 nitrogen and oxygen atoms in total. The predicted octanol–water partition coefficient (Wildman–Crippen LogP) is 4.88. The topological polar surface area (TPSA) is 88.4 Å². The molecule has 0 spiro atoms. The van der Waals surface area contributed by atoms with Crippen molar-refractivity contribution in [3.63, 3.8) is 0 Å². The van der Waals surface area contributed by atoms with Crippen molar-refractivity contribution in [2.24, 2.45) is 7.05 Å². The molecule has 5 rings (SSSR count). The Balaban J connectivity index is 0.00000171. The number of nitrogens with zero attached hydrogens (tertiary/aromatic N) is 4. The zero-order chi connectivity index (χ0) is 22.8. The van der Waals surface area contributed by atoms with Gasteiger partial charge in [-0.2, -0.15) is 4.98 Å². The molecule has 0 bridgehead atoms. The fourth-order valence-electron chi connectivity index (χ4n) is 4.53. The number of benzene rings is 1. The third-order valence-electron chi connectivity index (χ3n) is 6.32. The molecule has 1 saturated carbocycles. The number of hydrogen-bond acceptors (Lipinski definition) is 7. The van der Waals surface area contributed by atoms with Gasteiger partial charge in [-0.25, -0.2) is 9.97 Å². The van der Waals surface area contributed by atoms with Crippen molar-refractivity contribution >= 4 is 16.6 Å². The molecule has 0 N–H and O–H groups in total. The largest absolute Gasteiger partial charge is 0.488 e. The van der Waals surface area contributed by atoms with Crippen molar-refractivity contribution in [3.05, 3.63) is 58.4 Å². The Kier molecular flexibility index (Phi) is 8.62. The third kappa shape index (κ3) is 5.88. The van der Waals surface area contributed by atoms with E-state index in [0.29, 0.717) is 30.7 Å². The lowest BCUT2D eigenvalue weighted by molar-refractivity contribution is 0.0784. The monoisotopic (exact) mass is 480 g/mol. The van der Waals surface area contributed by atoms with E-state index in [4.69, 9.17) is 14.2 Å². The molecule has 1 aliphatic heterocycles. The number of ether oxygens (including phenoxy) is 3. The molecule has 1 fully saturated rings. The van der Waals surface area contributed by atoms with Crippen LogP contribution in [0.1, 0.15) is 58.3 Å². The van der Waals surface area contributed by atoms with Gasteiger partial charge >= 0.3 is 0 Å². The summed E-state index contributed by atoms with van der Waals surface area (Å²) in [4.78, 5) is 25.2. The number of aryl methyl sites for hydroxylation is 2. The maximum Gasteiger partial charge on any atom is 0.269 e. The second-order valence-corrected chi connectivity index (χ2v) is 8.63. The van der Waals surface area contributed by atoms with Crippen LogP contribution in [-0.2, 0) is 11.8 Å². The lowest BCUT2D eigenvalue weighted by atomic mass is 9.94. The summed E-state index contributed by atoms with van der Waals surface area (Å²) in [7, 11) is 1.76. The van der Waals surface area contributed by atoms with E-state index in [1.54, 1.807) is 23.9 Å². The van der Waals surface area contributed by atoms with E-state index in [-0.39, 0.29) is 32.6 Å². The summed E-state index contributed by atoms with van der Waals surface area (Å²) in [6, 6.07) is 5.88. The van der Waals surface area contributed by atoms with Gasteiger partial charge in [-0.3, -0.25) is 4.79 Å². The zero-order valence-corrected chi connectivity index (χ0v) is 19.0. The van der Waals surface area contributed by atoms with Gasteiger partial charge in [0.2, 0.25) is 5.88 Å². The van der Waals surface area contributed by atoms with Gasteiger partial charge in [0.15, 0.2) is 0 Å². The van der Waals surface area contributed by atoms with E-state index in [1.165, 1.54) is 11.8 Å². The number of aromatic nitrogens is 4. The Morgan fingerprint density at radius 1 is 1.06 bits per heavy atom. The minimum Gasteiger partial charge on any atom is -0.488 e. The first kappa shape index (κ1) is 26.3. The van der Waals surface area contributed by atoms with Crippen LogP contribution in [0, 0.1) is 6.92 Å². The van der Waals surface area contributed by atoms with Crippen LogP contribution in [0.25, 0.3) is 16.6 Å². The molecule has 0 unspecified atom stereocenters. The van der Waals surface area contributed by atoms with Crippen LogP contribution in [0.3, 0.4) is 0 Å². The van der Waals surface area contributed by atoms with Crippen molar-refractivity contribution in [2.75, 3.05) is 13.2 Å². The van der Waals surface area contributed by atoms with E-state index in [9.17, 15) is 4.79 Å². The van der Waals surface area contributed by atoms with E-state index >= 15 is 0 Å². The molecule has 3 heterocycles. The molecule has 0 radical (unpaired) electrons. The maximum atomic E-state index is 12.3. The molecule has 1 aliphatic carbocycles. The summed E-state index contributed by atoms with van der Waals surface area (Å²) < 4.78 is 19.7. The maximum absolute atomic E-state index is 12.3. The van der Waals surface area contributed by atoms with Crippen LogP contribution in [0.2, 0.25) is 0 Å². The first-order chi connectivity index (χ1) is 16.1. The van der Waals surface area contributed by atoms with Gasteiger partial charge in [0, 0.05) is 19.3 Å². The fraction of sp³-hybridized carbons (Fsp3) is 0.481. The van der Waals surface area contributed by atoms with Crippen molar-refractivity contribution in [1.29, 1.82) is 0 Å². The van der Waals surface area contributed by atoms with Crippen LogP contribution in [-0.4, -0.2) is 44.9 Å². The van der Waals surface area contributed by atoms with Crippen LogP contribution in [0.15, 0.2) is 41.5 Å². The lowest BCUT2D eigenvalue weighted by Crippen LogP contribution is -2.30. The highest BCUT2D eigenvalue weighted by Crippen LogP contribution is 2.34. The Morgan fingerprint density at radius 2 is 1.80 bits per heavy atom. The minimum absolute atomic E-state index is 0. The Labute approximate surface area is 207 Å². The van der Waals surface area contributed by atoms with E-state index < -0.39 is 0 Å². The Bertz CT molecular complexity index is 1250. The summed E-state index contributed by atoms with van der Waals surface area (Å²) in [5, 5.41) is 0. The van der Waals surface area contributed by atoms with Gasteiger partial charge in [0.25, 0.3) is 5.56 Å². The molecular formula is C27H36N4O4. The zero-order valence-electron chi connectivity index (χ0n) is 19.0. The first-order valence-corrected chi connectivity index (χ1v) is 11.5. The quantitative estimate of drug-likeness (QED) is 0.514. The molecule has 2 aliphatic rings. The van der Waals surface area contributed by atoms with Crippen molar-refractivity contribution in [2.45, 2.75) is 66.1 Å². The molecule has 8 heteroatoms. The van der Waals surface area contributed by atoms with Gasteiger partial charge in [-0.05, 0) is 62.3 Å². The Morgan fingerprint density at radius 3 is 2.49 bits per heavy atom. The summed E-state index contributed by atoms with van der Waals surface area (Å²) in [6.07, 6.45) is 9.69. The van der Waals surface area contributed by atoms with Gasteiger partial charge in [0.05, 0.1) is 31.0 Å². The molecule has 188 valence electrons. The second-order valence-electron chi connectivity index (χ2n) is 8.63. The average molecular weight is 481 g/mol. The predicted molar refractivity (Wildman–Crippen MR) is 138 cm³/mol. The highest BCUT2D eigenvalue weighted by molar-refractivity contribution is 5.86. The molecule has 0 atom stereocenters. The van der Waals surface area contributed by atoms with Crippen LogP contribution >= 0.6 is 0 Å². The fourth-order valence-corrected chi connectivity index (χ4v) is 4.53. The van der Waals surface area contributed by atoms with Crippen LogP contribution in [0.4, 0.5) is 0 Å².